The average Bonchev–Trinajstić information content (AvgIpc) is 3.57. The molecular weight excluding hydrogens is 413 g/mol. The standard InChI is InChI=1S/C24H26FN3O4/c1-14(13-32-2)27-23(30)20-22(29)21-19(28(24(20)31)12-16-3-4-16)10-17(11-26-21)9-15-5-7-18(25)8-6-15/h5-8,10-11,14,16,29H,3-4,9,12-13H2,1-2H3,(H,27,30). The number of methoxy groups -OCH3 is 1. The summed E-state index contributed by atoms with van der Waals surface area (Å²) in [6.07, 6.45) is 4.14. The molecule has 1 unspecified atom stereocenters. The summed E-state index contributed by atoms with van der Waals surface area (Å²) in [5.74, 6) is -1.02. The molecule has 1 aliphatic rings. The quantitative estimate of drug-likeness (QED) is 0.563. The molecule has 7 nitrogen and oxygen atoms in total. The van der Waals surface area contributed by atoms with Crippen LogP contribution in [0.4, 0.5) is 4.39 Å². The number of hydrogen-bond acceptors (Lipinski definition) is 5. The first kappa shape index (κ1) is 22.0. The smallest absolute Gasteiger partial charge is 0.267 e. The lowest BCUT2D eigenvalue weighted by Gasteiger charge is -2.17. The van der Waals surface area contributed by atoms with Crippen molar-refractivity contribution in [3.05, 3.63) is 69.4 Å². The molecule has 32 heavy (non-hydrogen) atoms. The number of carbonyl (C=O) groups is 1. The van der Waals surface area contributed by atoms with Crippen LogP contribution in [-0.4, -0.2) is 40.3 Å². The number of aromatic nitrogens is 2. The van der Waals surface area contributed by atoms with Crippen molar-refractivity contribution in [3.63, 3.8) is 0 Å². The highest BCUT2D eigenvalue weighted by molar-refractivity contribution is 6.01. The maximum Gasteiger partial charge on any atom is 0.267 e. The molecule has 1 fully saturated rings. The van der Waals surface area contributed by atoms with Gasteiger partial charge in [0.05, 0.1) is 12.1 Å². The van der Waals surface area contributed by atoms with Crippen molar-refractivity contribution in [1.29, 1.82) is 0 Å². The number of fused-ring (bicyclic) bond motifs is 1. The number of nitrogens with one attached hydrogen (secondary N) is 1. The van der Waals surface area contributed by atoms with Crippen LogP contribution in [0, 0.1) is 11.7 Å². The van der Waals surface area contributed by atoms with Gasteiger partial charge in [0, 0.05) is 25.9 Å². The molecule has 0 bridgehead atoms. The average molecular weight is 439 g/mol. The number of aromatic hydroxyl groups is 1. The van der Waals surface area contributed by atoms with Crippen LogP contribution in [0.15, 0.2) is 41.3 Å². The molecule has 1 atom stereocenters. The predicted octanol–water partition coefficient (Wildman–Crippen LogP) is 3.01. The highest BCUT2D eigenvalue weighted by atomic mass is 19.1. The van der Waals surface area contributed by atoms with E-state index in [1.807, 2.05) is 6.07 Å². The van der Waals surface area contributed by atoms with E-state index in [1.54, 1.807) is 29.8 Å². The highest BCUT2D eigenvalue weighted by Crippen LogP contribution is 2.33. The van der Waals surface area contributed by atoms with Crippen LogP contribution < -0.4 is 10.9 Å². The van der Waals surface area contributed by atoms with Gasteiger partial charge >= 0.3 is 0 Å². The van der Waals surface area contributed by atoms with Gasteiger partial charge in [0.25, 0.3) is 11.5 Å². The molecular formula is C24H26FN3O4. The molecule has 0 radical (unpaired) electrons. The number of pyridine rings is 2. The number of nitrogens with zero attached hydrogens (tertiary/aromatic N) is 2. The summed E-state index contributed by atoms with van der Waals surface area (Å²) in [4.78, 5) is 30.5. The molecule has 4 rings (SSSR count). The Hall–Kier alpha value is -3.26. The van der Waals surface area contributed by atoms with Crippen LogP contribution >= 0.6 is 0 Å². The Morgan fingerprint density at radius 1 is 1.31 bits per heavy atom. The van der Waals surface area contributed by atoms with Gasteiger partial charge in [-0.1, -0.05) is 12.1 Å². The molecule has 1 amide bonds. The Bertz CT molecular complexity index is 1200. The van der Waals surface area contributed by atoms with Crippen LogP contribution in [0.5, 0.6) is 5.75 Å². The van der Waals surface area contributed by atoms with Crippen molar-refractivity contribution < 1.29 is 19.0 Å². The summed E-state index contributed by atoms with van der Waals surface area (Å²) in [6.45, 7) is 2.49. The molecule has 2 aromatic heterocycles. The first-order chi connectivity index (χ1) is 15.4. The number of benzene rings is 1. The molecule has 0 aliphatic heterocycles. The van der Waals surface area contributed by atoms with Crippen molar-refractivity contribution in [2.75, 3.05) is 13.7 Å². The van der Waals surface area contributed by atoms with Crippen LogP contribution in [0.2, 0.25) is 0 Å². The first-order valence-corrected chi connectivity index (χ1v) is 10.7. The largest absolute Gasteiger partial charge is 0.505 e. The normalized spacial score (nSPS) is 14.5. The van der Waals surface area contributed by atoms with Gasteiger partial charge in [0.2, 0.25) is 0 Å². The topological polar surface area (TPSA) is 93.4 Å². The Balaban J connectivity index is 1.77. The predicted molar refractivity (Wildman–Crippen MR) is 118 cm³/mol. The number of halogens is 1. The number of amides is 1. The Morgan fingerprint density at radius 2 is 2.03 bits per heavy atom. The fourth-order valence-electron chi connectivity index (χ4n) is 3.81. The van der Waals surface area contributed by atoms with Crippen LogP contribution in [0.3, 0.4) is 0 Å². The molecule has 3 aromatic rings. The van der Waals surface area contributed by atoms with Gasteiger partial charge in [-0.2, -0.15) is 0 Å². The molecule has 8 heteroatoms. The zero-order chi connectivity index (χ0) is 22.8. The summed E-state index contributed by atoms with van der Waals surface area (Å²) in [5, 5.41) is 13.5. The first-order valence-electron chi connectivity index (χ1n) is 10.7. The van der Waals surface area contributed by atoms with Crippen molar-refractivity contribution >= 4 is 16.9 Å². The SMILES string of the molecule is COCC(C)NC(=O)c1c(O)c2ncc(Cc3ccc(F)cc3)cc2n(CC2CC2)c1=O. The second-order valence-corrected chi connectivity index (χ2v) is 8.43. The summed E-state index contributed by atoms with van der Waals surface area (Å²) >= 11 is 0. The van der Waals surface area contributed by atoms with Gasteiger partial charge in [-0.15, -0.1) is 0 Å². The van der Waals surface area contributed by atoms with Crippen molar-refractivity contribution in [2.24, 2.45) is 5.92 Å². The molecule has 1 aliphatic carbocycles. The van der Waals surface area contributed by atoms with Crippen LogP contribution in [0.1, 0.15) is 41.3 Å². The van der Waals surface area contributed by atoms with Gasteiger partial charge in [-0.25, -0.2) is 4.39 Å². The highest BCUT2D eigenvalue weighted by Gasteiger charge is 2.28. The number of rotatable bonds is 8. The molecule has 1 saturated carbocycles. The maximum atomic E-state index is 13.3. The van der Waals surface area contributed by atoms with Gasteiger partial charge in [0.15, 0.2) is 5.75 Å². The third-order valence-corrected chi connectivity index (χ3v) is 5.62. The minimum atomic E-state index is -0.652. The fourth-order valence-corrected chi connectivity index (χ4v) is 3.81. The fraction of sp³-hybridized carbons (Fsp3) is 0.375. The van der Waals surface area contributed by atoms with E-state index in [0.717, 1.165) is 24.0 Å². The monoisotopic (exact) mass is 439 g/mol. The van der Waals surface area contributed by atoms with Crippen molar-refractivity contribution in [2.45, 2.75) is 38.8 Å². The number of ether oxygens (including phenoxy) is 1. The van der Waals surface area contributed by atoms with E-state index < -0.39 is 17.2 Å². The van der Waals surface area contributed by atoms with Crippen molar-refractivity contribution in [1.82, 2.24) is 14.9 Å². The van der Waals surface area contributed by atoms with Crippen LogP contribution in [-0.2, 0) is 17.7 Å². The zero-order valence-electron chi connectivity index (χ0n) is 18.1. The second-order valence-electron chi connectivity index (χ2n) is 8.43. The summed E-state index contributed by atoms with van der Waals surface area (Å²) in [7, 11) is 1.52. The Labute approximate surface area is 184 Å². The third-order valence-electron chi connectivity index (χ3n) is 5.62. The van der Waals surface area contributed by atoms with Gasteiger partial charge in [-0.05, 0) is 61.4 Å². The summed E-state index contributed by atoms with van der Waals surface area (Å²) in [5.41, 5.74) is 1.57. The molecule has 2 N–H and O–H groups in total. The second kappa shape index (κ2) is 9.08. The van der Waals surface area contributed by atoms with E-state index >= 15 is 0 Å². The van der Waals surface area contributed by atoms with E-state index in [2.05, 4.69) is 10.3 Å². The summed E-state index contributed by atoms with van der Waals surface area (Å²) < 4.78 is 19.8. The zero-order valence-corrected chi connectivity index (χ0v) is 18.1. The molecule has 0 saturated heterocycles. The van der Waals surface area contributed by atoms with E-state index in [-0.39, 0.29) is 29.5 Å². The number of carbonyl (C=O) groups excluding carboxylic acids is 1. The number of hydrogen-bond donors (Lipinski definition) is 2. The van der Waals surface area contributed by atoms with Crippen LogP contribution in [0.25, 0.3) is 11.0 Å². The molecule has 1 aromatic carbocycles. The lowest BCUT2D eigenvalue weighted by atomic mass is 10.0. The minimum Gasteiger partial charge on any atom is -0.505 e. The summed E-state index contributed by atoms with van der Waals surface area (Å²) in [6, 6.07) is 7.67. The van der Waals surface area contributed by atoms with Gasteiger partial charge in [0.1, 0.15) is 16.9 Å². The van der Waals surface area contributed by atoms with E-state index in [9.17, 15) is 19.1 Å². The lowest BCUT2D eigenvalue weighted by Crippen LogP contribution is -2.40. The minimum absolute atomic E-state index is 0.206. The molecule has 2 heterocycles. The van der Waals surface area contributed by atoms with Gasteiger partial charge in [-0.3, -0.25) is 14.6 Å². The lowest BCUT2D eigenvalue weighted by molar-refractivity contribution is 0.0901. The van der Waals surface area contributed by atoms with E-state index in [1.165, 1.54) is 19.2 Å². The van der Waals surface area contributed by atoms with E-state index in [4.69, 9.17) is 4.74 Å². The van der Waals surface area contributed by atoms with Gasteiger partial charge < -0.3 is 19.7 Å². The molecule has 168 valence electrons. The molecule has 0 spiro atoms. The Kier molecular flexibility index (Phi) is 6.23. The van der Waals surface area contributed by atoms with E-state index in [0.29, 0.717) is 24.4 Å². The van der Waals surface area contributed by atoms with Crippen molar-refractivity contribution in [3.8, 4) is 5.75 Å². The third kappa shape index (κ3) is 4.65. The Morgan fingerprint density at radius 3 is 2.69 bits per heavy atom. The maximum absolute atomic E-state index is 13.3.